The van der Waals surface area contributed by atoms with E-state index < -0.39 is 0 Å². The summed E-state index contributed by atoms with van der Waals surface area (Å²) in [6.45, 7) is 0.697. The van der Waals surface area contributed by atoms with E-state index in [1.807, 2.05) is 12.3 Å². The number of fused-ring (bicyclic) bond motifs is 3. The molecule has 1 fully saturated rings. The lowest BCUT2D eigenvalue weighted by molar-refractivity contribution is 0.440. The first-order valence-corrected chi connectivity index (χ1v) is 10.9. The van der Waals surface area contributed by atoms with Crippen LogP contribution in [-0.2, 0) is 0 Å². The average molecular weight is 389 g/mol. The normalized spacial score (nSPS) is 16.2. The minimum absolute atomic E-state index is 0.298. The lowest BCUT2D eigenvalue weighted by atomic mass is 9.84. The molecule has 2 aromatic heterocycles. The number of thiophene rings is 1. The van der Waals surface area contributed by atoms with Gasteiger partial charge >= 0.3 is 0 Å². The van der Waals surface area contributed by atoms with Crippen LogP contribution in [0.1, 0.15) is 37.2 Å². The molecule has 142 valence electrons. The summed E-state index contributed by atoms with van der Waals surface area (Å²) in [4.78, 5) is 4.60. The number of hydrogen-bond donors (Lipinski definition) is 2. The van der Waals surface area contributed by atoms with Crippen LogP contribution in [0, 0.1) is 5.92 Å². The van der Waals surface area contributed by atoms with Crippen molar-refractivity contribution >= 4 is 32.3 Å². The Morgan fingerprint density at radius 1 is 1.07 bits per heavy atom. The molecule has 1 unspecified atom stereocenters. The molecule has 4 heteroatoms. The quantitative estimate of drug-likeness (QED) is 0.447. The summed E-state index contributed by atoms with van der Waals surface area (Å²) in [6, 6.07) is 14.4. The van der Waals surface area contributed by atoms with Crippen molar-refractivity contribution in [3.05, 3.63) is 59.6 Å². The van der Waals surface area contributed by atoms with Gasteiger partial charge in [-0.25, -0.2) is 0 Å². The van der Waals surface area contributed by atoms with Gasteiger partial charge in [-0.1, -0.05) is 37.1 Å². The highest BCUT2D eigenvalue weighted by atomic mass is 32.1. The number of pyridine rings is 1. The van der Waals surface area contributed by atoms with E-state index in [0.717, 1.165) is 32.1 Å². The van der Waals surface area contributed by atoms with Crippen LogP contribution in [0.3, 0.4) is 0 Å². The van der Waals surface area contributed by atoms with Gasteiger partial charge in [-0.2, -0.15) is 0 Å². The third kappa shape index (κ3) is 2.88. The molecule has 5 rings (SSSR count). The second-order valence-electron chi connectivity index (χ2n) is 7.82. The van der Waals surface area contributed by atoms with E-state index >= 15 is 0 Å². The molecule has 2 aromatic carbocycles. The van der Waals surface area contributed by atoms with Crippen LogP contribution in [0.4, 0.5) is 0 Å². The van der Waals surface area contributed by atoms with Gasteiger partial charge < -0.3 is 10.8 Å². The molecule has 0 radical (unpaired) electrons. The Bertz CT molecular complexity index is 1130. The van der Waals surface area contributed by atoms with Gasteiger partial charge in [-0.05, 0) is 65.9 Å². The third-order valence-electron chi connectivity index (χ3n) is 6.30. The van der Waals surface area contributed by atoms with E-state index in [1.54, 1.807) is 17.4 Å². The van der Waals surface area contributed by atoms with Crippen molar-refractivity contribution in [2.75, 3.05) is 6.54 Å². The number of nitrogens with zero attached hydrogens (tertiary/aromatic N) is 1. The molecule has 28 heavy (non-hydrogen) atoms. The monoisotopic (exact) mass is 388 g/mol. The Kier molecular flexibility index (Phi) is 4.53. The highest BCUT2D eigenvalue weighted by Gasteiger charge is 2.25. The largest absolute Gasteiger partial charge is 0.507 e. The van der Waals surface area contributed by atoms with Gasteiger partial charge in [-0.15, -0.1) is 11.3 Å². The molecular weight excluding hydrogens is 364 g/mol. The van der Waals surface area contributed by atoms with Crippen molar-refractivity contribution in [3.8, 4) is 16.9 Å². The number of rotatable bonds is 4. The first kappa shape index (κ1) is 17.7. The van der Waals surface area contributed by atoms with Crippen LogP contribution in [0.25, 0.3) is 32.1 Å². The molecule has 0 aliphatic heterocycles. The molecule has 2 heterocycles. The maximum absolute atomic E-state index is 10.7. The first-order chi connectivity index (χ1) is 13.8. The Morgan fingerprint density at radius 3 is 2.61 bits per heavy atom. The maximum Gasteiger partial charge on any atom is 0.124 e. The SMILES string of the molecule is NCC(c1ccc(-c2c(O)ccc3ncc4sccc4c23)cc1)C1CCCC1. The minimum atomic E-state index is 0.298. The number of phenols is 1. The smallest absolute Gasteiger partial charge is 0.124 e. The average Bonchev–Trinajstić information content (AvgIpc) is 3.41. The van der Waals surface area contributed by atoms with E-state index in [9.17, 15) is 5.11 Å². The van der Waals surface area contributed by atoms with Crippen molar-refractivity contribution in [2.24, 2.45) is 11.7 Å². The highest BCUT2D eigenvalue weighted by Crippen LogP contribution is 2.42. The topological polar surface area (TPSA) is 59.1 Å². The van der Waals surface area contributed by atoms with Gasteiger partial charge in [0.25, 0.3) is 0 Å². The predicted octanol–water partition coefficient (Wildman–Crippen LogP) is 6.05. The van der Waals surface area contributed by atoms with Crippen molar-refractivity contribution in [1.82, 2.24) is 4.98 Å². The van der Waals surface area contributed by atoms with Crippen molar-refractivity contribution in [2.45, 2.75) is 31.6 Å². The Labute approximate surface area is 168 Å². The molecular formula is C24H24N2OS. The number of nitrogens with two attached hydrogens (primary N) is 1. The van der Waals surface area contributed by atoms with Crippen LogP contribution in [-0.4, -0.2) is 16.6 Å². The van der Waals surface area contributed by atoms with Crippen LogP contribution in [0.15, 0.2) is 54.0 Å². The fourth-order valence-corrected chi connectivity index (χ4v) is 5.63. The fraction of sp³-hybridized carbons (Fsp3) is 0.292. The van der Waals surface area contributed by atoms with Gasteiger partial charge in [-0.3, -0.25) is 4.98 Å². The zero-order chi connectivity index (χ0) is 19.1. The first-order valence-electron chi connectivity index (χ1n) is 10.0. The second-order valence-corrected chi connectivity index (χ2v) is 8.77. The summed E-state index contributed by atoms with van der Waals surface area (Å²) in [6.07, 6.45) is 7.14. The summed E-state index contributed by atoms with van der Waals surface area (Å²) >= 11 is 1.68. The van der Waals surface area contributed by atoms with Crippen LogP contribution >= 0.6 is 11.3 Å². The zero-order valence-electron chi connectivity index (χ0n) is 15.8. The van der Waals surface area contributed by atoms with Crippen LogP contribution in [0.2, 0.25) is 0 Å². The summed E-state index contributed by atoms with van der Waals surface area (Å²) in [7, 11) is 0. The molecule has 3 nitrogen and oxygen atoms in total. The summed E-state index contributed by atoms with van der Waals surface area (Å²) in [5, 5.41) is 15.0. The van der Waals surface area contributed by atoms with Crippen molar-refractivity contribution < 1.29 is 5.11 Å². The molecule has 0 bridgehead atoms. The lowest BCUT2D eigenvalue weighted by Crippen LogP contribution is -2.19. The summed E-state index contributed by atoms with van der Waals surface area (Å²) in [5.74, 6) is 1.44. The van der Waals surface area contributed by atoms with E-state index in [1.165, 1.54) is 31.2 Å². The van der Waals surface area contributed by atoms with Crippen LogP contribution < -0.4 is 5.73 Å². The second kappa shape index (κ2) is 7.19. The molecule has 0 saturated heterocycles. The fourth-order valence-electron chi connectivity index (χ4n) is 4.87. The maximum atomic E-state index is 10.7. The van der Waals surface area contributed by atoms with Gasteiger partial charge in [0.1, 0.15) is 5.75 Å². The van der Waals surface area contributed by atoms with Gasteiger partial charge in [0.15, 0.2) is 0 Å². The molecule has 0 amide bonds. The van der Waals surface area contributed by atoms with Crippen molar-refractivity contribution in [3.63, 3.8) is 0 Å². The van der Waals surface area contributed by atoms with Crippen molar-refractivity contribution in [1.29, 1.82) is 0 Å². The minimum Gasteiger partial charge on any atom is -0.507 e. The van der Waals surface area contributed by atoms with E-state index in [0.29, 0.717) is 24.1 Å². The Balaban J connectivity index is 1.62. The number of aromatic nitrogens is 1. The molecule has 0 spiro atoms. The van der Waals surface area contributed by atoms with E-state index in [-0.39, 0.29) is 0 Å². The predicted molar refractivity (Wildman–Crippen MR) is 118 cm³/mol. The Hall–Kier alpha value is -2.43. The van der Waals surface area contributed by atoms with Gasteiger partial charge in [0.2, 0.25) is 0 Å². The highest BCUT2D eigenvalue weighted by molar-refractivity contribution is 7.17. The summed E-state index contributed by atoms with van der Waals surface area (Å²) in [5.41, 5.74) is 10.3. The molecule has 4 aromatic rings. The number of benzene rings is 2. The van der Waals surface area contributed by atoms with E-state index in [2.05, 4.69) is 40.7 Å². The summed E-state index contributed by atoms with van der Waals surface area (Å²) < 4.78 is 1.14. The number of phenolic OH excluding ortho intramolecular Hbond substituents is 1. The third-order valence-corrected chi connectivity index (χ3v) is 7.15. The molecule has 1 aliphatic carbocycles. The number of aromatic hydroxyl groups is 1. The molecule has 1 aliphatic rings. The molecule has 1 atom stereocenters. The molecule has 3 N–H and O–H groups in total. The zero-order valence-corrected chi connectivity index (χ0v) is 16.6. The Morgan fingerprint density at radius 2 is 1.86 bits per heavy atom. The van der Waals surface area contributed by atoms with Crippen LogP contribution in [0.5, 0.6) is 5.75 Å². The molecule has 1 saturated carbocycles. The van der Waals surface area contributed by atoms with Gasteiger partial charge in [0.05, 0.1) is 10.2 Å². The van der Waals surface area contributed by atoms with Gasteiger partial charge in [0, 0.05) is 22.5 Å². The van der Waals surface area contributed by atoms with E-state index in [4.69, 9.17) is 5.73 Å². The standard InChI is InChI=1S/C24H24N2OS/c25-13-19(15-3-1-2-4-15)16-5-7-17(8-6-16)23-21(27)10-9-20-24(23)18-11-12-28-22(18)14-26-20/h5-12,14-15,19,27H,1-4,13,25H2. The lowest BCUT2D eigenvalue weighted by Gasteiger charge is -2.22. The number of hydrogen-bond acceptors (Lipinski definition) is 4.